The second-order valence-electron chi connectivity index (χ2n) is 6.75. The molecule has 0 bridgehead atoms. The van der Waals surface area contributed by atoms with Crippen molar-refractivity contribution in [2.75, 3.05) is 19.1 Å². The Labute approximate surface area is 182 Å². The number of fused-ring (bicyclic) bond motifs is 1. The van der Waals surface area contributed by atoms with E-state index >= 15 is 0 Å². The Morgan fingerprint density at radius 2 is 1.87 bits per heavy atom. The molecule has 2 amide bonds. The number of carbonyl (C=O) groups is 2. The van der Waals surface area contributed by atoms with Gasteiger partial charge in [-0.15, -0.1) is 10.2 Å². The average Bonchev–Trinajstić information content (AvgIpc) is 3.44. The van der Waals surface area contributed by atoms with Crippen LogP contribution in [0.15, 0.2) is 58.2 Å². The smallest absolute Gasteiger partial charge is 0.277 e. The highest BCUT2D eigenvalue weighted by atomic mass is 32.2. The molecule has 0 aliphatic carbocycles. The van der Waals surface area contributed by atoms with Crippen molar-refractivity contribution in [1.82, 2.24) is 15.1 Å². The second-order valence-corrected chi connectivity index (χ2v) is 7.67. The number of thioether (sulfide) groups is 1. The molecule has 1 aliphatic heterocycles. The molecule has 2 N–H and O–H groups in total. The zero-order chi connectivity index (χ0) is 21.6. The van der Waals surface area contributed by atoms with E-state index in [4.69, 9.17) is 19.6 Å². The summed E-state index contributed by atoms with van der Waals surface area (Å²) >= 11 is 1.14. The molecule has 9 nitrogen and oxygen atoms in total. The SMILES string of the molecule is NC(=O)CCN(Cc1ccccc1)C(=O)CSc1nnc(-c2ccc3c(c2)OCO3)o1. The molecule has 0 unspecified atom stereocenters. The van der Waals surface area contributed by atoms with Crippen LogP contribution in [0.1, 0.15) is 12.0 Å². The maximum Gasteiger partial charge on any atom is 0.277 e. The van der Waals surface area contributed by atoms with Crippen molar-refractivity contribution in [3.8, 4) is 23.0 Å². The Bertz CT molecular complexity index is 1070. The predicted molar refractivity (Wildman–Crippen MR) is 112 cm³/mol. The highest BCUT2D eigenvalue weighted by molar-refractivity contribution is 7.99. The summed E-state index contributed by atoms with van der Waals surface area (Å²) in [6.45, 7) is 0.816. The normalized spacial score (nSPS) is 12.0. The largest absolute Gasteiger partial charge is 0.454 e. The number of benzene rings is 2. The van der Waals surface area contributed by atoms with Gasteiger partial charge in [0.05, 0.1) is 5.75 Å². The van der Waals surface area contributed by atoms with Crippen LogP contribution in [-0.2, 0) is 16.1 Å². The summed E-state index contributed by atoms with van der Waals surface area (Å²) < 4.78 is 16.3. The molecule has 2 heterocycles. The standard InChI is InChI=1S/C21H20N4O5S/c22-18(26)8-9-25(11-14-4-2-1-3-5-14)19(27)12-31-21-24-23-20(30-21)15-6-7-16-17(10-15)29-13-28-16/h1-7,10H,8-9,11-13H2,(H2,22,26). The zero-order valence-electron chi connectivity index (χ0n) is 16.5. The lowest BCUT2D eigenvalue weighted by molar-refractivity contribution is -0.129. The first-order valence-corrected chi connectivity index (χ1v) is 10.5. The number of amides is 2. The van der Waals surface area contributed by atoms with E-state index in [0.29, 0.717) is 29.5 Å². The van der Waals surface area contributed by atoms with Crippen LogP contribution < -0.4 is 15.2 Å². The van der Waals surface area contributed by atoms with Gasteiger partial charge in [0.15, 0.2) is 11.5 Å². The van der Waals surface area contributed by atoms with Crippen molar-refractivity contribution >= 4 is 23.6 Å². The maximum atomic E-state index is 12.8. The van der Waals surface area contributed by atoms with E-state index in [2.05, 4.69) is 10.2 Å². The molecular weight excluding hydrogens is 420 g/mol. The zero-order valence-corrected chi connectivity index (χ0v) is 17.3. The van der Waals surface area contributed by atoms with E-state index in [0.717, 1.165) is 17.3 Å². The van der Waals surface area contributed by atoms with Gasteiger partial charge in [-0.05, 0) is 23.8 Å². The van der Waals surface area contributed by atoms with E-state index in [1.165, 1.54) is 0 Å². The maximum absolute atomic E-state index is 12.8. The third-order valence-electron chi connectivity index (χ3n) is 4.54. The van der Waals surface area contributed by atoms with Crippen LogP contribution in [0.5, 0.6) is 11.5 Å². The fraction of sp³-hybridized carbons (Fsp3) is 0.238. The molecule has 160 valence electrons. The van der Waals surface area contributed by atoms with Gasteiger partial charge in [0.25, 0.3) is 5.22 Å². The molecule has 31 heavy (non-hydrogen) atoms. The lowest BCUT2D eigenvalue weighted by Crippen LogP contribution is -2.34. The van der Waals surface area contributed by atoms with Crippen LogP contribution in [0.4, 0.5) is 0 Å². The van der Waals surface area contributed by atoms with E-state index in [9.17, 15) is 9.59 Å². The van der Waals surface area contributed by atoms with Gasteiger partial charge in [0.2, 0.25) is 24.5 Å². The number of nitrogens with two attached hydrogens (primary N) is 1. The number of carbonyl (C=O) groups excluding carboxylic acids is 2. The van der Waals surface area contributed by atoms with Crippen LogP contribution in [0.3, 0.4) is 0 Å². The van der Waals surface area contributed by atoms with E-state index < -0.39 is 5.91 Å². The minimum absolute atomic E-state index is 0.0916. The van der Waals surface area contributed by atoms with Gasteiger partial charge in [-0.3, -0.25) is 9.59 Å². The van der Waals surface area contributed by atoms with E-state index in [-0.39, 0.29) is 36.6 Å². The summed E-state index contributed by atoms with van der Waals surface area (Å²) in [5.74, 6) is 1.09. The Morgan fingerprint density at radius 1 is 1.06 bits per heavy atom. The number of nitrogens with zero attached hydrogens (tertiary/aromatic N) is 3. The van der Waals surface area contributed by atoms with E-state index in [1.807, 2.05) is 30.3 Å². The number of primary amides is 1. The van der Waals surface area contributed by atoms with Gasteiger partial charge in [-0.1, -0.05) is 42.1 Å². The molecule has 0 atom stereocenters. The molecule has 10 heteroatoms. The van der Waals surface area contributed by atoms with Crippen LogP contribution in [-0.4, -0.2) is 46.0 Å². The molecule has 4 rings (SSSR count). The fourth-order valence-electron chi connectivity index (χ4n) is 2.97. The first-order chi connectivity index (χ1) is 15.1. The molecule has 0 fully saturated rings. The molecule has 3 aromatic rings. The average molecular weight is 440 g/mol. The number of aromatic nitrogens is 2. The Kier molecular flexibility index (Phi) is 6.37. The van der Waals surface area contributed by atoms with Crippen molar-refractivity contribution in [3.63, 3.8) is 0 Å². The number of ether oxygens (including phenoxy) is 2. The van der Waals surface area contributed by atoms with Crippen LogP contribution >= 0.6 is 11.8 Å². The third kappa shape index (κ3) is 5.34. The lowest BCUT2D eigenvalue weighted by atomic mass is 10.2. The fourth-order valence-corrected chi connectivity index (χ4v) is 3.64. The number of rotatable bonds is 9. The van der Waals surface area contributed by atoms with Gasteiger partial charge in [-0.2, -0.15) is 0 Å². The summed E-state index contributed by atoms with van der Waals surface area (Å²) in [4.78, 5) is 25.6. The molecule has 1 aliphatic rings. The molecule has 0 radical (unpaired) electrons. The van der Waals surface area contributed by atoms with Gasteiger partial charge in [0, 0.05) is 25.1 Å². The highest BCUT2D eigenvalue weighted by Crippen LogP contribution is 2.36. The number of hydrogen-bond donors (Lipinski definition) is 1. The van der Waals surface area contributed by atoms with Crippen molar-refractivity contribution in [3.05, 3.63) is 54.1 Å². The topological polar surface area (TPSA) is 121 Å². The van der Waals surface area contributed by atoms with Gasteiger partial charge in [0.1, 0.15) is 0 Å². The summed E-state index contributed by atoms with van der Waals surface area (Å²) in [5, 5.41) is 8.32. The van der Waals surface area contributed by atoms with Crippen molar-refractivity contribution in [2.24, 2.45) is 5.73 Å². The van der Waals surface area contributed by atoms with Gasteiger partial charge >= 0.3 is 0 Å². The van der Waals surface area contributed by atoms with Crippen molar-refractivity contribution in [1.29, 1.82) is 0 Å². The summed E-state index contributed by atoms with van der Waals surface area (Å²) in [6, 6.07) is 14.9. The second kappa shape index (κ2) is 9.52. The molecular formula is C21H20N4O5S. The Hall–Kier alpha value is -3.53. The summed E-state index contributed by atoms with van der Waals surface area (Å²) in [5.41, 5.74) is 6.92. The van der Waals surface area contributed by atoms with Crippen molar-refractivity contribution < 1.29 is 23.5 Å². The first kappa shape index (κ1) is 20.7. The molecule has 2 aromatic carbocycles. The summed E-state index contributed by atoms with van der Waals surface area (Å²) in [6.07, 6.45) is 0.0953. The first-order valence-electron chi connectivity index (χ1n) is 9.55. The highest BCUT2D eigenvalue weighted by Gasteiger charge is 2.19. The number of hydrogen-bond acceptors (Lipinski definition) is 8. The molecule has 0 spiro atoms. The van der Waals surface area contributed by atoms with Crippen molar-refractivity contribution in [2.45, 2.75) is 18.2 Å². The lowest BCUT2D eigenvalue weighted by Gasteiger charge is -2.22. The minimum atomic E-state index is -0.455. The minimum Gasteiger partial charge on any atom is -0.454 e. The molecule has 0 saturated carbocycles. The molecule has 1 aromatic heterocycles. The Balaban J connectivity index is 1.38. The van der Waals surface area contributed by atoms with Crippen LogP contribution in [0.2, 0.25) is 0 Å². The predicted octanol–water partition coefficient (Wildman–Crippen LogP) is 2.46. The molecule has 0 saturated heterocycles. The van der Waals surface area contributed by atoms with Crippen LogP contribution in [0, 0.1) is 0 Å². The quantitative estimate of drug-likeness (QED) is 0.504. The van der Waals surface area contributed by atoms with E-state index in [1.54, 1.807) is 23.1 Å². The summed E-state index contributed by atoms with van der Waals surface area (Å²) in [7, 11) is 0. The van der Waals surface area contributed by atoms with Gasteiger partial charge < -0.3 is 24.5 Å². The van der Waals surface area contributed by atoms with Crippen LogP contribution in [0.25, 0.3) is 11.5 Å². The monoisotopic (exact) mass is 440 g/mol. The third-order valence-corrected chi connectivity index (χ3v) is 5.35. The van der Waals surface area contributed by atoms with Gasteiger partial charge in [-0.25, -0.2) is 0 Å². The Morgan fingerprint density at radius 3 is 2.68 bits per heavy atom.